The maximum absolute atomic E-state index is 12.7. The van der Waals surface area contributed by atoms with Gasteiger partial charge in [-0.25, -0.2) is 0 Å². The Morgan fingerprint density at radius 1 is 1.10 bits per heavy atom. The molecule has 1 aromatic rings. The minimum Gasteiger partial charge on any atom is -0.460 e. The number of hydrogen-bond donors (Lipinski definition) is 0. The minimum absolute atomic E-state index is 0.00597. The van der Waals surface area contributed by atoms with Crippen molar-refractivity contribution in [2.24, 2.45) is 10.8 Å². The van der Waals surface area contributed by atoms with Gasteiger partial charge >= 0.3 is 5.97 Å². The molecule has 0 aliphatic heterocycles. The molecule has 0 atom stereocenters. The molecule has 2 nitrogen and oxygen atoms in total. The van der Waals surface area contributed by atoms with Crippen LogP contribution in [0, 0.1) is 10.8 Å². The van der Waals surface area contributed by atoms with Crippen molar-refractivity contribution in [1.82, 2.24) is 0 Å². The third-order valence-corrected chi connectivity index (χ3v) is 4.75. The lowest BCUT2D eigenvalue weighted by molar-refractivity contribution is -0.168. The van der Waals surface area contributed by atoms with Crippen molar-refractivity contribution in [1.29, 1.82) is 0 Å². The van der Waals surface area contributed by atoms with E-state index in [0.29, 0.717) is 6.61 Å². The topological polar surface area (TPSA) is 26.3 Å². The van der Waals surface area contributed by atoms with E-state index in [9.17, 15) is 4.79 Å². The summed E-state index contributed by atoms with van der Waals surface area (Å²) in [6.45, 7) is 6.89. The molecular weight excluding hydrogens is 248 g/mol. The molecule has 0 radical (unpaired) electrons. The van der Waals surface area contributed by atoms with Gasteiger partial charge in [-0.3, -0.25) is 4.79 Å². The molecule has 1 aliphatic carbocycles. The normalized spacial score (nSPS) is 18.6. The monoisotopic (exact) mass is 274 g/mol. The summed E-state index contributed by atoms with van der Waals surface area (Å²) in [6.07, 6.45) is 5.44. The predicted octanol–water partition coefficient (Wildman–Crippen LogP) is 4.73. The summed E-state index contributed by atoms with van der Waals surface area (Å²) in [7, 11) is 0. The number of ether oxygens (including phenoxy) is 1. The molecule has 1 aromatic carbocycles. The van der Waals surface area contributed by atoms with Crippen LogP contribution in [0.5, 0.6) is 0 Å². The Hall–Kier alpha value is -1.31. The second kappa shape index (κ2) is 5.99. The Kier molecular flexibility index (Phi) is 4.52. The molecule has 0 spiro atoms. The van der Waals surface area contributed by atoms with Gasteiger partial charge in [0.1, 0.15) is 6.61 Å². The highest BCUT2D eigenvalue weighted by Gasteiger charge is 2.49. The molecule has 0 amide bonds. The van der Waals surface area contributed by atoms with E-state index in [1.807, 2.05) is 30.3 Å². The zero-order valence-corrected chi connectivity index (χ0v) is 12.9. The fourth-order valence-corrected chi connectivity index (χ4v) is 3.28. The fraction of sp³-hybridized carbons (Fsp3) is 0.611. The van der Waals surface area contributed by atoms with Crippen LogP contribution in [0.1, 0.15) is 58.4 Å². The first-order valence-corrected chi connectivity index (χ1v) is 7.67. The van der Waals surface area contributed by atoms with Crippen LogP contribution in [0.15, 0.2) is 30.3 Å². The molecule has 1 saturated carbocycles. The van der Waals surface area contributed by atoms with Crippen LogP contribution in [-0.2, 0) is 16.1 Å². The molecule has 0 aromatic heterocycles. The molecule has 20 heavy (non-hydrogen) atoms. The van der Waals surface area contributed by atoms with Crippen molar-refractivity contribution < 1.29 is 9.53 Å². The van der Waals surface area contributed by atoms with E-state index in [0.717, 1.165) is 31.2 Å². The minimum atomic E-state index is -0.306. The lowest BCUT2D eigenvalue weighted by Crippen LogP contribution is -2.45. The summed E-state index contributed by atoms with van der Waals surface area (Å²) in [5.41, 5.74) is 0.710. The molecule has 2 heteroatoms. The number of esters is 1. The van der Waals surface area contributed by atoms with Gasteiger partial charge in [0.2, 0.25) is 0 Å². The maximum Gasteiger partial charge on any atom is 0.312 e. The Morgan fingerprint density at radius 2 is 1.70 bits per heavy atom. The van der Waals surface area contributed by atoms with Crippen LogP contribution < -0.4 is 0 Å². The van der Waals surface area contributed by atoms with Crippen LogP contribution in [0.3, 0.4) is 0 Å². The van der Waals surface area contributed by atoms with Crippen molar-refractivity contribution in [2.75, 3.05) is 0 Å². The Labute approximate surface area is 122 Å². The number of hydrogen-bond acceptors (Lipinski definition) is 2. The maximum atomic E-state index is 12.7. The lowest BCUT2D eigenvalue weighted by atomic mass is 9.59. The first-order chi connectivity index (χ1) is 9.46. The van der Waals surface area contributed by atoms with Gasteiger partial charge in [0.15, 0.2) is 0 Å². The summed E-state index contributed by atoms with van der Waals surface area (Å²) in [5.74, 6) is -0.00597. The zero-order valence-electron chi connectivity index (χ0n) is 12.9. The Bertz CT molecular complexity index is 436. The van der Waals surface area contributed by atoms with E-state index in [-0.39, 0.29) is 16.8 Å². The van der Waals surface area contributed by atoms with E-state index >= 15 is 0 Å². The van der Waals surface area contributed by atoms with Gasteiger partial charge < -0.3 is 4.74 Å². The molecule has 0 heterocycles. The first-order valence-electron chi connectivity index (χ1n) is 7.67. The quantitative estimate of drug-likeness (QED) is 0.745. The molecular formula is C18H26O2. The second-order valence-corrected chi connectivity index (χ2v) is 6.95. The lowest BCUT2D eigenvalue weighted by Gasteiger charge is -2.45. The number of carbonyl (C=O) groups excluding carboxylic acids is 1. The van der Waals surface area contributed by atoms with E-state index in [1.165, 1.54) is 6.42 Å². The van der Waals surface area contributed by atoms with E-state index < -0.39 is 0 Å². The van der Waals surface area contributed by atoms with Crippen LogP contribution in [-0.4, -0.2) is 5.97 Å². The molecule has 0 N–H and O–H groups in total. The standard InChI is InChI=1S/C18H26O2/c1-17(2,3)18(12-8-5-9-13-18)16(19)20-14-15-10-6-4-7-11-15/h4,6-7,10-11H,5,8-9,12-14H2,1-3H3. The SMILES string of the molecule is CC(C)(C)C1(C(=O)OCc2ccccc2)CCCCC1. The highest BCUT2D eigenvalue weighted by molar-refractivity contribution is 5.78. The summed E-state index contributed by atoms with van der Waals surface area (Å²) >= 11 is 0. The summed E-state index contributed by atoms with van der Waals surface area (Å²) in [5, 5.41) is 0. The average Bonchev–Trinajstić information content (AvgIpc) is 2.45. The third kappa shape index (κ3) is 3.05. The van der Waals surface area contributed by atoms with Gasteiger partial charge in [0.25, 0.3) is 0 Å². The smallest absolute Gasteiger partial charge is 0.312 e. The second-order valence-electron chi connectivity index (χ2n) is 6.95. The van der Waals surface area contributed by atoms with Crippen molar-refractivity contribution >= 4 is 5.97 Å². The van der Waals surface area contributed by atoms with Crippen molar-refractivity contribution in [3.8, 4) is 0 Å². The van der Waals surface area contributed by atoms with Gasteiger partial charge in [-0.2, -0.15) is 0 Å². The van der Waals surface area contributed by atoms with Crippen LogP contribution in [0.4, 0.5) is 0 Å². The van der Waals surface area contributed by atoms with E-state index in [4.69, 9.17) is 4.74 Å². The molecule has 0 bridgehead atoms. The van der Waals surface area contributed by atoms with Gasteiger partial charge in [0.05, 0.1) is 5.41 Å². The summed E-state index contributed by atoms with van der Waals surface area (Å²) in [6, 6.07) is 9.92. The average molecular weight is 274 g/mol. The van der Waals surface area contributed by atoms with Gasteiger partial charge in [-0.15, -0.1) is 0 Å². The predicted molar refractivity (Wildman–Crippen MR) is 81.2 cm³/mol. The van der Waals surface area contributed by atoms with Crippen LogP contribution in [0.2, 0.25) is 0 Å². The van der Waals surface area contributed by atoms with Crippen LogP contribution >= 0.6 is 0 Å². The van der Waals surface area contributed by atoms with Crippen molar-refractivity contribution in [2.45, 2.75) is 59.5 Å². The van der Waals surface area contributed by atoms with Crippen molar-refractivity contribution in [3.05, 3.63) is 35.9 Å². The molecule has 2 rings (SSSR count). The van der Waals surface area contributed by atoms with E-state index in [2.05, 4.69) is 20.8 Å². The van der Waals surface area contributed by atoms with Gasteiger partial charge in [-0.1, -0.05) is 70.4 Å². The van der Waals surface area contributed by atoms with E-state index in [1.54, 1.807) is 0 Å². The molecule has 0 unspecified atom stereocenters. The number of rotatable bonds is 3. The van der Waals surface area contributed by atoms with Crippen molar-refractivity contribution in [3.63, 3.8) is 0 Å². The number of carbonyl (C=O) groups is 1. The Morgan fingerprint density at radius 3 is 2.25 bits per heavy atom. The van der Waals surface area contributed by atoms with Crippen LogP contribution in [0.25, 0.3) is 0 Å². The number of benzene rings is 1. The fourth-order valence-electron chi connectivity index (χ4n) is 3.28. The molecule has 0 saturated heterocycles. The molecule has 110 valence electrons. The zero-order chi connectivity index (χ0) is 14.6. The summed E-state index contributed by atoms with van der Waals surface area (Å²) < 4.78 is 5.66. The van der Waals surface area contributed by atoms with Gasteiger partial charge in [-0.05, 0) is 23.8 Å². The first kappa shape index (κ1) is 15.1. The highest BCUT2D eigenvalue weighted by Crippen LogP contribution is 2.50. The van der Waals surface area contributed by atoms with Gasteiger partial charge in [0, 0.05) is 0 Å². The molecule has 1 fully saturated rings. The third-order valence-electron chi connectivity index (χ3n) is 4.75. The summed E-state index contributed by atoms with van der Waals surface area (Å²) in [4.78, 5) is 12.7. The molecule has 1 aliphatic rings. The highest BCUT2D eigenvalue weighted by atomic mass is 16.5. The Balaban J connectivity index is 2.08. The largest absolute Gasteiger partial charge is 0.460 e.